The number of amides is 1. The molecule has 20 heavy (non-hydrogen) atoms. The molecule has 1 aromatic heterocycles. The highest BCUT2D eigenvalue weighted by Crippen LogP contribution is 2.26. The van der Waals surface area contributed by atoms with E-state index in [2.05, 4.69) is 11.4 Å². The smallest absolute Gasteiger partial charge is 0.265 e. The van der Waals surface area contributed by atoms with Crippen LogP contribution in [0.3, 0.4) is 0 Å². The Morgan fingerprint density at radius 1 is 1.00 bits per heavy atom. The van der Waals surface area contributed by atoms with Gasteiger partial charge in [-0.3, -0.25) is 4.79 Å². The minimum atomic E-state index is -0.0452. The van der Waals surface area contributed by atoms with Gasteiger partial charge in [0.2, 0.25) is 0 Å². The largest absolute Gasteiger partial charge is 0.321 e. The molecule has 3 rings (SSSR count). The summed E-state index contributed by atoms with van der Waals surface area (Å²) in [7, 11) is 0. The summed E-state index contributed by atoms with van der Waals surface area (Å²) in [5, 5.41) is 4.09. The van der Waals surface area contributed by atoms with Crippen molar-refractivity contribution in [3.63, 3.8) is 0 Å². The van der Waals surface area contributed by atoms with Gasteiger partial charge in [-0.15, -0.1) is 11.3 Å². The highest BCUT2D eigenvalue weighted by Gasteiger charge is 2.10. The van der Waals surface area contributed by atoms with Gasteiger partial charge >= 0.3 is 0 Å². The predicted octanol–water partition coefficient (Wildman–Crippen LogP) is 4.77. The average molecular weight is 281 g/mol. The van der Waals surface area contributed by atoms with Crippen LogP contribution in [0.2, 0.25) is 0 Å². The summed E-state index contributed by atoms with van der Waals surface area (Å²) in [6.45, 7) is 4.06. The molecule has 0 bridgehead atoms. The third kappa shape index (κ3) is 2.58. The van der Waals surface area contributed by atoms with Crippen LogP contribution in [-0.4, -0.2) is 5.91 Å². The Morgan fingerprint density at radius 2 is 1.70 bits per heavy atom. The Labute approximate surface area is 122 Å². The topological polar surface area (TPSA) is 29.1 Å². The van der Waals surface area contributed by atoms with Crippen LogP contribution in [0.15, 0.2) is 48.5 Å². The number of anilines is 1. The second-order valence-electron chi connectivity index (χ2n) is 4.98. The maximum Gasteiger partial charge on any atom is 0.265 e. The Bertz CT molecular complexity index is 735. The van der Waals surface area contributed by atoms with Gasteiger partial charge in [0.15, 0.2) is 0 Å². The number of carbonyl (C=O) groups excluding carboxylic acids is 1. The van der Waals surface area contributed by atoms with E-state index in [1.54, 1.807) is 0 Å². The normalized spacial score (nSPS) is 10.7. The monoisotopic (exact) mass is 281 g/mol. The van der Waals surface area contributed by atoms with Crippen molar-refractivity contribution in [1.29, 1.82) is 0 Å². The molecule has 1 heterocycles. The molecule has 2 aromatic carbocycles. The van der Waals surface area contributed by atoms with E-state index in [4.69, 9.17) is 0 Å². The molecule has 0 saturated carbocycles. The van der Waals surface area contributed by atoms with Crippen molar-refractivity contribution in [2.24, 2.45) is 0 Å². The molecule has 1 N–H and O–H groups in total. The molecule has 2 nitrogen and oxygen atoms in total. The second kappa shape index (κ2) is 5.10. The van der Waals surface area contributed by atoms with E-state index >= 15 is 0 Å². The lowest BCUT2D eigenvalue weighted by Crippen LogP contribution is -2.10. The molecule has 0 spiro atoms. The minimum absolute atomic E-state index is 0.0452. The molecule has 0 aliphatic rings. The molecule has 0 radical (unpaired) electrons. The van der Waals surface area contributed by atoms with Crippen LogP contribution in [0.5, 0.6) is 0 Å². The van der Waals surface area contributed by atoms with Crippen molar-refractivity contribution in [3.05, 3.63) is 64.5 Å². The Hall–Kier alpha value is -2.13. The van der Waals surface area contributed by atoms with Crippen LogP contribution in [-0.2, 0) is 0 Å². The Morgan fingerprint density at radius 3 is 2.40 bits per heavy atom. The third-order valence-electron chi connectivity index (χ3n) is 3.13. The molecule has 0 atom stereocenters. The van der Waals surface area contributed by atoms with Gasteiger partial charge in [0.25, 0.3) is 5.91 Å². The van der Waals surface area contributed by atoms with E-state index in [0.717, 1.165) is 31.8 Å². The van der Waals surface area contributed by atoms with Crippen molar-refractivity contribution in [3.8, 4) is 0 Å². The summed E-state index contributed by atoms with van der Waals surface area (Å²) < 4.78 is 1.14. The lowest BCUT2D eigenvalue weighted by molar-refractivity contribution is 0.103. The van der Waals surface area contributed by atoms with E-state index in [1.807, 2.05) is 56.3 Å². The number of hydrogen-bond acceptors (Lipinski definition) is 2. The molecule has 3 aromatic rings. The molecule has 0 saturated heterocycles. The van der Waals surface area contributed by atoms with Crippen molar-refractivity contribution in [1.82, 2.24) is 0 Å². The van der Waals surface area contributed by atoms with Crippen LogP contribution in [0.1, 0.15) is 20.8 Å². The van der Waals surface area contributed by atoms with Crippen molar-refractivity contribution in [2.45, 2.75) is 13.8 Å². The van der Waals surface area contributed by atoms with E-state index in [0.29, 0.717) is 0 Å². The fraction of sp³-hybridized carbons (Fsp3) is 0.118. The molecule has 0 aliphatic heterocycles. The van der Waals surface area contributed by atoms with Gasteiger partial charge in [-0.05, 0) is 54.6 Å². The number of rotatable bonds is 2. The fourth-order valence-corrected chi connectivity index (χ4v) is 3.29. The molecular formula is C17H15NOS. The zero-order valence-electron chi connectivity index (χ0n) is 11.4. The highest BCUT2D eigenvalue weighted by atomic mass is 32.1. The summed E-state index contributed by atoms with van der Waals surface area (Å²) in [5.41, 5.74) is 3.15. The van der Waals surface area contributed by atoms with Crippen molar-refractivity contribution >= 4 is 33.0 Å². The first kappa shape index (κ1) is 12.9. The molecule has 3 heteroatoms. The molecule has 100 valence electrons. The Kier molecular flexibility index (Phi) is 3.28. The number of fused-ring (bicyclic) bond motifs is 1. The summed E-state index contributed by atoms with van der Waals surface area (Å²) >= 11 is 1.52. The summed E-state index contributed by atoms with van der Waals surface area (Å²) in [6, 6.07) is 16.0. The molecule has 1 amide bonds. The maximum atomic E-state index is 12.3. The fourth-order valence-electron chi connectivity index (χ4n) is 2.33. The first-order valence-electron chi connectivity index (χ1n) is 6.50. The van der Waals surface area contributed by atoms with Crippen LogP contribution < -0.4 is 5.32 Å². The quantitative estimate of drug-likeness (QED) is 0.720. The van der Waals surface area contributed by atoms with Crippen LogP contribution in [0.4, 0.5) is 5.69 Å². The molecule has 0 aliphatic carbocycles. The van der Waals surface area contributed by atoms with Gasteiger partial charge in [0, 0.05) is 10.4 Å². The van der Waals surface area contributed by atoms with Crippen LogP contribution in [0.25, 0.3) is 10.1 Å². The number of benzene rings is 2. The lowest BCUT2D eigenvalue weighted by Gasteiger charge is -2.06. The number of nitrogens with one attached hydrogen (secondary N) is 1. The first-order chi connectivity index (χ1) is 9.61. The van der Waals surface area contributed by atoms with Crippen molar-refractivity contribution in [2.75, 3.05) is 5.32 Å². The van der Waals surface area contributed by atoms with Gasteiger partial charge in [-0.25, -0.2) is 0 Å². The zero-order chi connectivity index (χ0) is 14.1. The maximum absolute atomic E-state index is 12.3. The van der Waals surface area contributed by atoms with Gasteiger partial charge < -0.3 is 5.32 Å². The van der Waals surface area contributed by atoms with Crippen LogP contribution in [0, 0.1) is 13.8 Å². The molecule has 0 unspecified atom stereocenters. The van der Waals surface area contributed by atoms with Gasteiger partial charge in [-0.1, -0.05) is 24.3 Å². The van der Waals surface area contributed by atoms with Gasteiger partial charge in [0.05, 0.1) is 4.88 Å². The molecular weight excluding hydrogens is 266 g/mol. The average Bonchev–Trinajstić information content (AvgIpc) is 2.81. The number of carbonyl (C=O) groups is 1. The first-order valence-corrected chi connectivity index (χ1v) is 7.32. The van der Waals surface area contributed by atoms with Gasteiger partial charge in [-0.2, -0.15) is 0 Å². The standard InChI is InChI=1S/C17H15NOS/c1-11-7-12(2)9-14(8-11)18-17(19)16-10-13-5-3-4-6-15(13)20-16/h3-10H,1-2H3,(H,18,19). The van der Waals surface area contributed by atoms with E-state index in [-0.39, 0.29) is 5.91 Å². The van der Waals surface area contributed by atoms with E-state index < -0.39 is 0 Å². The summed E-state index contributed by atoms with van der Waals surface area (Å²) in [5.74, 6) is -0.0452. The second-order valence-corrected chi connectivity index (χ2v) is 6.06. The number of hydrogen-bond donors (Lipinski definition) is 1. The lowest BCUT2D eigenvalue weighted by atomic mass is 10.1. The van der Waals surface area contributed by atoms with Crippen LogP contribution >= 0.6 is 11.3 Å². The number of aryl methyl sites for hydroxylation is 2. The summed E-state index contributed by atoms with van der Waals surface area (Å²) in [6.07, 6.45) is 0. The Balaban J connectivity index is 1.88. The predicted molar refractivity (Wildman–Crippen MR) is 85.7 cm³/mol. The van der Waals surface area contributed by atoms with Crippen molar-refractivity contribution < 1.29 is 4.79 Å². The SMILES string of the molecule is Cc1cc(C)cc(NC(=O)c2cc3ccccc3s2)c1. The highest BCUT2D eigenvalue weighted by molar-refractivity contribution is 7.20. The van der Waals surface area contributed by atoms with Gasteiger partial charge in [0.1, 0.15) is 0 Å². The van der Waals surface area contributed by atoms with E-state index in [1.165, 1.54) is 11.3 Å². The third-order valence-corrected chi connectivity index (χ3v) is 4.24. The minimum Gasteiger partial charge on any atom is -0.321 e. The molecule has 0 fully saturated rings. The van der Waals surface area contributed by atoms with E-state index in [9.17, 15) is 4.79 Å². The zero-order valence-corrected chi connectivity index (χ0v) is 12.3. The number of thiophene rings is 1. The summed E-state index contributed by atoms with van der Waals surface area (Å²) in [4.78, 5) is 13.0.